The number of allylic oxidation sites excluding steroid dienone is 2. The zero-order valence-corrected chi connectivity index (χ0v) is 13.3. The van der Waals surface area contributed by atoms with Crippen molar-refractivity contribution < 1.29 is 0 Å². The van der Waals surface area contributed by atoms with Crippen molar-refractivity contribution in [2.24, 2.45) is 0 Å². The Bertz CT molecular complexity index is 693. The molecule has 0 amide bonds. The Balaban J connectivity index is 0.000000396. The van der Waals surface area contributed by atoms with Crippen LogP contribution in [-0.2, 0) is 0 Å². The van der Waals surface area contributed by atoms with Gasteiger partial charge in [0.05, 0.1) is 0 Å². The molecule has 0 nitrogen and oxygen atoms in total. The van der Waals surface area contributed by atoms with Crippen LogP contribution in [0, 0.1) is 13.8 Å². The Morgan fingerprint density at radius 1 is 0.636 bits per heavy atom. The molecule has 3 rings (SSSR count). The van der Waals surface area contributed by atoms with E-state index >= 15 is 0 Å². The summed E-state index contributed by atoms with van der Waals surface area (Å²) in [5.74, 6) is 0. The molecule has 0 N–H and O–H groups in total. The van der Waals surface area contributed by atoms with Crippen molar-refractivity contribution >= 4 is 0 Å². The first-order chi connectivity index (χ1) is 10.7. The van der Waals surface area contributed by atoms with E-state index in [0.29, 0.717) is 0 Å². The summed E-state index contributed by atoms with van der Waals surface area (Å²) < 4.78 is 0. The number of hydrogen-bond donors (Lipinski definition) is 0. The summed E-state index contributed by atoms with van der Waals surface area (Å²) in [6, 6.07) is 21.7. The van der Waals surface area contributed by atoms with Crippen molar-refractivity contribution in [1.29, 1.82) is 0 Å². The molecule has 2 aliphatic carbocycles. The Kier molecular flexibility index (Phi) is 5.32. The Labute approximate surface area is 133 Å². The monoisotopic (exact) mass is 286 g/mol. The molecule has 0 bridgehead atoms. The van der Waals surface area contributed by atoms with Gasteiger partial charge in [-0.05, 0) is 47.2 Å². The van der Waals surface area contributed by atoms with E-state index < -0.39 is 0 Å². The molecular weight excluding hydrogens is 264 g/mol. The first-order valence-corrected chi connectivity index (χ1v) is 7.46. The molecule has 0 heterocycles. The van der Waals surface area contributed by atoms with Gasteiger partial charge in [0, 0.05) is 0 Å². The van der Waals surface area contributed by atoms with Crippen molar-refractivity contribution in [3.8, 4) is 22.3 Å². The largest absolute Gasteiger partial charge is 0.0991 e. The molecule has 1 aromatic rings. The maximum atomic E-state index is 3.36. The lowest BCUT2D eigenvalue weighted by atomic mass is 10.1. The lowest BCUT2D eigenvalue weighted by molar-refractivity contribution is 1.51. The van der Waals surface area contributed by atoms with Crippen LogP contribution in [0.1, 0.15) is 11.1 Å². The van der Waals surface area contributed by atoms with Crippen molar-refractivity contribution in [2.75, 3.05) is 0 Å². The van der Waals surface area contributed by atoms with Crippen molar-refractivity contribution in [3.63, 3.8) is 0 Å². The fraction of sp³-hybridized carbons (Fsp3) is 0.0909. The fourth-order valence-corrected chi connectivity index (χ4v) is 2.57. The number of benzene rings is 1. The highest BCUT2D eigenvalue weighted by Gasteiger charge is 2.08. The van der Waals surface area contributed by atoms with Crippen LogP contribution >= 0.6 is 0 Å². The molecule has 0 spiro atoms. The summed E-state index contributed by atoms with van der Waals surface area (Å²) in [6.07, 6.45) is 3.28. The van der Waals surface area contributed by atoms with Gasteiger partial charge in [-0.15, -0.1) is 0 Å². The molecule has 0 atom stereocenters. The highest BCUT2D eigenvalue weighted by Crippen LogP contribution is 2.32. The molecule has 110 valence electrons. The second-order valence-corrected chi connectivity index (χ2v) is 5.30. The van der Waals surface area contributed by atoms with Gasteiger partial charge in [-0.25, -0.2) is 0 Å². The zero-order chi connectivity index (χ0) is 15.9. The molecule has 0 saturated heterocycles. The number of fused-ring (bicyclic) bond motifs is 1. The molecule has 0 saturated carbocycles. The topological polar surface area (TPSA) is 0 Å². The molecule has 0 radical (unpaired) electrons. The van der Waals surface area contributed by atoms with Crippen LogP contribution in [0.2, 0.25) is 0 Å². The Morgan fingerprint density at radius 3 is 1.55 bits per heavy atom. The van der Waals surface area contributed by atoms with Gasteiger partial charge in [-0.2, -0.15) is 0 Å². The number of rotatable bonds is 2. The number of hydrogen-bond acceptors (Lipinski definition) is 0. The van der Waals surface area contributed by atoms with Crippen molar-refractivity contribution in [3.05, 3.63) is 97.1 Å². The summed E-state index contributed by atoms with van der Waals surface area (Å²) in [7, 11) is 0. The van der Waals surface area contributed by atoms with E-state index in [1.165, 1.54) is 33.4 Å². The first kappa shape index (κ1) is 15.8. The van der Waals surface area contributed by atoms with Gasteiger partial charge in [0.15, 0.2) is 0 Å². The minimum absolute atomic E-state index is 1.27. The van der Waals surface area contributed by atoms with E-state index in [9.17, 15) is 0 Å². The molecule has 0 aromatic heterocycles. The average Bonchev–Trinajstić information content (AvgIpc) is 2.73. The van der Waals surface area contributed by atoms with Crippen LogP contribution in [0.5, 0.6) is 0 Å². The van der Waals surface area contributed by atoms with E-state index in [2.05, 4.69) is 87.7 Å². The molecule has 2 aliphatic rings. The standard InChI is InChI=1S/C18H16.C4H6/c1-13-12-14(2)18-11-9-16(8-10-17(13)18)15-6-4-3-5-7-15;1-3-4-2/h3-12H,1-2H3;3-4H,1-2H2. The predicted octanol–water partition coefficient (Wildman–Crippen LogP) is 6.43. The summed E-state index contributed by atoms with van der Waals surface area (Å²) in [5, 5.41) is 0. The molecule has 0 fully saturated rings. The molecular formula is C22H22. The quantitative estimate of drug-likeness (QED) is 0.476. The summed E-state index contributed by atoms with van der Waals surface area (Å²) in [6.45, 7) is 11.1. The molecule has 0 unspecified atom stereocenters. The lowest BCUT2D eigenvalue weighted by Crippen LogP contribution is -1.71. The van der Waals surface area contributed by atoms with Gasteiger partial charge in [0.2, 0.25) is 0 Å². The Morgan fingerprint density at radius 2 is 1.09 bits per heavy atom. The van der Waals surface area contributed by atoms with E-state index in [1.54, 1.807) is 12.2 Å². The minimum atomic E-state index is 1.27. The minimum Gasteiger partial charge on any atom is -0.0991 e. The average molecular weight is 286 g/mol. The van der Waals surface area contributed by atoms with Gasteiger partial charge in [-0.3, -0.25) is 0 Å². The van der Waals surface area contributed by atoms with Gasteiger partial charge >= 0.3 is 0 Å². The molecule has 0 aliphatic heterocycles. The highest BCUT2D eigenvalue weighted by molar-refractivity contribution is 5.76. The van der Waals surface area contributed by atoms with Gasteiger partial charge in [-0.1, -0.05) is 86.0 Å². The van der Waals surface area contributed by atoms with Crippen molar-refractivity contribution in [2.45, 2.75) is 13.8 Å². The SMILES string of the molecule is C=CC=C.Cc1cc(C)c2ccc(-c3ccccc3)ccc1-2. The smallest absolute Gasteiger partial charge is 0.0152 e. The van der Waals surface area contributed by atoms with Crippen molar-refractivity contribution in [1.82, 2.24) is 0 Å². The third-order valence-electron chi connectivity index (χ3n) is 3.71. The molecule has 1 aromatic carbocycles. The van der Waals surface area contributed by atoms with Crippen LogP contribution < -0.4 is 0 Å². The Hall–Kier alpha value is -2.60. The van der Waals surface area contributed by atoms with E-state index in [0.717, 1.165) is 0 Å². The normalized spacial score (nSPS) is 9.73. The summed E-state index contributed by atoms with van der Waals surface area (Å²) >= 11 is 0. The van der Waals surface area contributed by atoms with Gasteiger partial charge in [0.25, 0.3) is 0 Å². The van der Waals surface area contributed by atoms with E-state index in [4.69, 9.17) is 0 Å². The second kappa shape index (κ2) is 7.42. The van der Waals surface area contributed by atoms with Crippen LogP contribution in [0.15, 0.2) is 86.0 Å². The second-order valence-electron chi connectivity index (χ2n) is 5.30. The predicted molar refractivity (Wildman–Crippen MR) is 98.4 cm³/mol. The van der Waals surface area contributed by atoms with E-state index in [-0.39, 0.29) is 0 Å². The van der Waals surface area contributed by atoms with E-state index in [1.807, 2.05) is 0 Å². The maximum Gasteiger partial charge on any atom is -0.0152 e. The summed E-state index contributed by atoms with van der Waals surface area (Å²) in [5.41, 5.74) is 7.97. The third kappa shape index (κ3) is 3.53. The fourth-order valence-electron chi connectivity index (χ4n) is 2.57. The summed E-state index contributed by atoms with van der Waals surface area (Å²) in [4.78, 5) is 0. The lowest BCUT2D eigenvalue weighted by Gasteiger charge is -1.96. The maximum absolute atomic E-state index is 3.36. The van der Waals surface area contributed by atoms with Crippen LogP contribution in [0.3, 0.4) is 0 Å². The third-order valence-corrected chi connectivity index (χ3v) is 3.71. The molecule has 22 heavy (non-hydrogen) atoms. The van der Waals surface area contributed by atoms with Crippen LogP contribution in [-0.4, -0.2) is 0 Å². The van der Waals surface area contributed by atoms with Crippen LogP contribution in [0.4, 0.5) is 0 Å². The number of aryl methyl sites for hydroxylation is 2. The highest BCUT2D eigenvalue weighted by atomic mass is 14.1. The zero-order valence-electron chi connectivity index (χ0n) is 13.3. The van der Waals surface area contributed by atoms with Crippen LogP contribution in [0.25, 0.3) is 22.3 Å². The first-order valence-electron chi connectivity index (χ1n) is 7.46. The van der Waals surface area contributed by atoms with Gasteiger partial charge in [0.1, 0.15) is 0 Å². The van der Waals surface area contributed by atoms with Gasteiger partial charge < -0.3 is 0 Å². The molecule has 0 heteroatoms.